The Hall–Kier alpha value is -3.43. The van der Waals surface area contributed by atoms with E-state index in [-0.39, 0.29) is 25.3 Å². The molecule has 2 saturated heterocycles. The molecule has 182 valence electrons. The summed E-state index contributed by atoms with van der Waals surface area (Å²) in [6.45, 7) is 1.88. The molecule has 5 rings (SSSR count). The zero-order valence-electron chi connectivity index (χ0n) is 19.3. The second-order valence-electron chi connectivity index (χ2n) is 9.28. The summed E-state index contributed by atoms with van der Waals surface area (Å²) in [6, 6.07) is 9.87. The van der Waals surface area contributed by atoms with E-state index in [1.807, 2.05) is 6.92 Å². The summed E-state index contributed by atoms with van der Waals surface area (Å²) in [4.78, 5) is 53.7. The molecule has 0 aromatic heterocycles. The van der Waals surface area contributed by atoms with Gasteiger partial charge >= 0.3 is 0 Å². The standard InChI is InChI=1S/C25H25ClN4O5/c1-12-9-14(26)10-16-21(12)28-24(34)25(16)20-19(17(29-25)7-8-18(27)31)22(32)30(23(20)33)11-13-3-5-15(35-2)6-4-13/h3-6,9-10,17,19-20,29H,7-8,11H2,1-2H3,(H2,27,31)(H,28,34)/t17-,19-,20+,25+/m1/s1. The van der Waals surface area contributed by atoms with Crippen LogP contribution in [-0.2, 0) is 31.3 Å². The molecule has 0 radical (unpaired) electrons. The van der Waals surface area contributed by atoms with Gasteiger partial charge in [0.15, 0.2) is 0 Å². The van der Waals surface area contributed by atoms with Crippen molar-refractivity contribution in [1.29, 1.82) is 0 Å². The number of benzene rings is 2. The molecule has 4 N–H and O–H groups in total. The molecule has 0 saturated carbocycles. The van der Waals surface area contributed by atoms with Crippen molar-refractivity contribution in [2.24, 2.45) is 17.6 Å². The minimum Gasteiger partial charge on any atom is -0.497 e. The van der Waals surface area contributed by atoms with Crippen LogP contribution in [0.3, 0.4) is 0 Å². The molecule has 3 aliphatic heterocycles. The number of nitrogens with two attached hydrogens (primary N) is 1. The largest absolute Gasteiger partial charge is 0.497 e. The van der Waals surface area contributed by atoms with Gasteiger partial charge < -0.3 is 15.8 Å². The number of nitrogens with one attached hydrogen (secondary N) is 2. The topological polar surface area (TPSA) is 131 Å². The molecule has 3 heterocycles. The highest BCUT2D eigenvalue weighted by atomic mass is 35.5. The van der Waals surface area contributed by atoms with Crippen LogP contribution in [0, 0.1) is 18.8 Å². The highest BCUT2D eigenvalue weighted by molar-refractivity contribution is 6.31. The maximum Gasteiger partial charge on any atom is 0.250 e. The number of aryl methyl sites for hydroxylation is 1. The van der Waals surface area contributed by atoms with E-state index in [0.717, 1.165) is 11.1 Å². The highest BCUT2D eigenvalue weighted by Crippen LogP contribution is 2.54. The van der Waals surface area contributed by atoms with Gasteiger partial charge in [0, 0.05) is 28.7 Å². The Morgan fingerprint density at radius 3 is 2.54 bits per heavy atom. The number of anilines is 1. The molecule has 10 heteroatoms. The van der Waals surface area contributed by atoms with Crippen molar-refractivity contribution in [2.75, 3.05) is 12.4 Å². The molecule has 0 aliphatic carbocycles. The highest BCUT2D eigenvalue weighted by Gasteiger charge is 2.70. The van der Waals surface area contributed by atoms with Crippen LogP contribution in [0.2, 0.25) is 5.02 Å². The van der Waals surface area contributed by atoms with Crippen LogP contribution in [0.15, 0.2) is 36.4 Å². The number of rotatable bonds is 6. The number of carbonyl (C=O) groups excluding carboxylic acids is 4. The number of hydrogen-bond donors (Lipinski definition) is 3. The van der Waals surface area contributed by atoms with Crippen LogP contribution in [-0.4, -0.2) is 41.7 Å². The van der Waals surface area contributed by atoms with Crippen molar-refractivity contribution in [1.82, 2.24) is 10.2 Å². The lowest BCUT2D eigenvalue weighted by Gasteiger charge is -2.29. The molecular formula is C25H25ClN4O5. The minimum absolute atomic E-state index is 0.0139. The zero-order chi connectivity index (χ0) is 25.1. The van der Waals surface area contributed by atoms with Crippen molar-refractivity contribution in [3.05, 3.63) is 58.1 Å². The van der Waals surface area contributed by atoms with Gasteiger partial charge in [0.05, 0.1) is 25.5 Å². The van der Waals surface area contributed by atoms with Gasteiger partial charge in [-0.15, -0.1) is 0 Å². The molecule has 35 heavy (non-hydrogen) atoms. The summed E-state index contributed by atoms with van der Waals surface area (Å²) in [5, 5.41) is 6.59. The number of amides is 4. The molecular weight excluding hydrogens is 472 g/mol. The number of fused-ring (bicyclic) bond motifs is 4. The fourth-order valence-corrected chi connectivity index (χ4v) is 5.98. The Morgan fingerprint density at radius 2 is 1.89 bits per heavy atom. The van der Waals surface area contributed by atoms with E-state index < -0.39 is 41.1 Å². The average Bonchev–Trinajstić information content (AvgIpc) is 3.39. The Morgan fingerprint density at radius 1 is 1.17 bits per heavy atom. The second kappa shape index (κ2) is 8.35. The Balaban J connectivity index is 1.58. The number of primary amides is 1. The quantitative estimate of drug-likeness (QED) is 0.523. The van der Waals surface area contributed by atoms with Gasteiger partial charge in [-0.2, -0.15) is 0 Å². The van der Waals surface area contributed by atoms with Gasteiger partial charge in [-0.3, -0.25) is 29.4 Å². The van der Waals surface area contributed by atoms with Gasteiger partial charge in [0.1, 0.15) is 11.3 Å². The van der Waals surface area contributed by atoms with E-state index in [4.69, 9.17) is 22.1 Å². The molecule has 1 spiro atoms. The second-order valence-corrected chi connectivity index (χ2v) is 9.71. The van der Waals surface area contributed by atoms with Crippen molar-refractivity contribution in [2.45, 2.75) is 37.9 Å². The molecule has 2 aromatic rings. The van der Waals surface area contributed by atoms with Crippen molar-refractivity contribution < 1.29 is 23.9 Å². The van der Waals surface area contributed by atoms with Crippen molar-refractivity contribution in [3.8, 4) is 5.75 Å². The van der Waals surface area contributed by atoms with Crippen LogP contribution in [0.1, 0.15) is 29.5 Å². The molecule has 3 aliphatic rings. The van der Waals surface area contributed by atoms with Crippen molar-refractivity contribution in [3.63, 3.8) is 0 Å². The summed E-state index contributed by atoms with van der Waals surface area (Å²) in [5.74, 6) is -2.90. The Labute approximate surface area is 206 Å². The molecule has 0 bridgehead atoms. The van der Waals surface area contributed by atoms with Crippen LogP contribution < -0.4 is 21.1 Å². The number of halogens is 1. The normalized spacial score (nSPS) is 26.8. The molecule has 9 nitrogen and oxygen atoms in total. The van der Waals surface area contributed by atoms with Crippen LogP contribution in [0.25, 0.3) is 0 Å². The van der Waals surface area contributed by atoms with E-state index in [1.165, 1.54) is 4.90 Å². The SMILES string of the molecule is COc1ccc(CN2C(=O)[C@H]3[C@@H](C2=O)[C@]2(N[C@@H]3CCC(N)=O)C(=O)Nc3c(C)cc(Cl)cc32)cc1. The Bertz CT molecular complexity index is 1260. The van der Waals surface area contributed by atoms with Gasteiger partial charge in [-0.25, -0.2) is 0 Å². The molecule has 4 amide bonds. The van der Waals surface area contributed by atoms with Gasteiger partial charge in [-0.1, -0.05) is 23.7 Å². The van der Waals surface area contributed by atoms with Crippen LogP contribution >= 0.6 is 11.6 Å². The Kier molecular flexibility index (Phi) is 5.56. The average molecular weight is 497 g/mol. The van der Waals surface area contributed by atoms with Crippen molar-refractivity contribution >= 4 is 40.9 Å². The molecule has 2 aromatic carbocycles. The van der Waals surface area contributed by atoms with E-state index in [0.29, 0.717) is 22.0 Å². The number of carbonyl (C=O) groups is 4. The maximum atomic E-state index is 13.8. The monoisotopic (exact) mass is 496 g/mol. The summed E-state index contributed by atoms with van der Waals surface area (Å²) >= 11 is 6.35. The molecule has 2 fully saturated rings. The van der Waals surface area contributed by atoms with Crippen LogP contribution in [0.4, 0.5) is 5.69 Å². The first-order valence-electron chi connectivity index (χ1n) is 11.3. The summed E-state index contributed by atoms with van der Waals surface area (Å²) in [5.41, 5.74) is 6.52. The fraction of sp³-hybridized carbons (Fsp3) is 0.360. The third-order valence-electron chi connectivity index (χ3n) is 7.28. The predicted octanol–water partition coefficient (Wildman–Crippen LogP) is 1.84. The number of hydrogen-bond acceptors (Lipinski definition) is 6. The fourth-order valence-electron chi connectivity index (χ4n) is 5.71. The minimum atomic E-state index is -1.47. The first-order chi connectivity index (χ1) is 16.7. The number of likely N-dealkylation sites (tertiary alicyclic amines) is 1. The number of imide groups is 1. The number of methoxy groups -OCH3 is 1. The lowest BCUT2D eigenvalue weighted by molar-refractivity contribution is -0.143. The maximum absolute atomic E-state index is 13.8. The summed E-state index contributed by atoms with van der Waals surface area (Å²) in [7, 11) is 1.56. The van der Waals surface area contributed by atoms with E-state index in [9.17, 15) is 19.2 Å². The van der Waals surface area contributed by atoms with E-state index >= 15 is 0 Å². The van der Waals surface area contributed by atoms with Gasteiger partial charge in [0.25, 0.3) is 0 Å². The van der Waals surface area contributed by atoms with E-state index in [1.54, 1.807) is 43.5 Å². The van der Waals surface area contributed by atoms with E-state index in [2.05, 4.69) is 10.6 Å². The smallest absolute Gasteiger partial charge is 0.250 e. The zero-order valence-corrected chi connectivity index (χ0v) is 20.0. The molecule has 4 atom stereocenters. The van der Waals surface area contributed by atoms with Gasteiger partial charge in [-0.05, 0) is 48.7 Å². The number of ether oxygens (including phenoxy) is 1. The predicted molar refractivity (Wildman–Crippen MR) is 127 cm³/mol. The first-order valence-corrected chi connectivity index (χ1v) is 11.7. The lowest BCUT2D eigenvalue weighted by Crippen LogP contribution is -2.53. The third kappa shape index (κ3) is 3.49. The van der Waals surface area contributed by atoms with Crippen LogP contribution in [0.5, 0.6) is 5.75 Å². The summed E-state index contributed by atoms with van der Waals surface area (Å²) in [6.07, 6.45) is 0.232. The summed E-state index contributed by atoms with van der Waals surface area (Å²) < 4.78 is 5.18. The number of nitrogens with zero attached hydrogens (tertiary/aromatic N) is 1. The van der Waals surface area contributed by atoms with Gasteiger partial charge in [0.2, 0.25) is 23.6 Å². The first kappa shape index (κ1) is 23.3. The molecule has 0 unspecified atom stereocenters. The third-order valence-corrected chi connectivity index (χ3v) is 7.50. The lowest BCUT2D eigenvalue weighted by atomic mass is 9.76.